The molecule has 0 N–H and O–H groups in total. The van der Waals surface area contributed by atoms with Crippen molar-refractivity contribution in [2.24, 2.45) is 31.1 Å². The van der Waals surface area contributed by atoms with Crippen molar-refractivity contribution in [1.29, 1.82) is 0 Å². The summed E-state index contributed by atoms with van der Waals surface area (Å²) in [4.78, 5) is 0. The van der Waals surface area contributed by atoms with Crippen molar-refractivity contribution in [3.05, 3.63) is 36.7 Å². The molecule has 0 bridgehead atoms. The first-order valence-corrected chi connectivity index (χ1v) is 3.18. The van der Waals surface area contributed by atoms with Gasteiger partial charge in [0.25, 0.3) is 0 Å². The van der Waals surface area contributed by atoms with Crippen molar-refractivity contribution in [3.8, 4) is 0 Å². The maximum Gasteiger partial charge on any atom is 0.0514 e. The smallest absolute Gasteiger partial charge is 0.0514 e. The molecule has 1 heterocycles. The molecule has 0 radical (unpaired) electrons. The fourth-order valence-corrected chi connectivity index (χ4v) is 0.446. The first kappa shape index (κ1) is 8.12. The topological polar surface area (TPSA) is 74.2 Å². The van der Waals surface area contributed by atoms with Gasteiger partial charge in [-0.1, -0.05) is 12.2 Å². The van der Waals surface area contributed by atoms with E-state index < -0.39 is 0 Å². The van der Waals surface area contributed by atoms with Crippen LogP contribution in [0, 0.1) is 0 Å². The van der Waals surface area contributed by atoms with Gasteiger partial charge < -0.3 is 0 Å². The summed E-state index contributed by atoms with van der Waals surface area (Å²) >= 11 is 0. The fraction of sp³-hybridized carbons (Fsp3) is 0. The molecule has 60 valence electrons. The Morgan fingerprint density at radius 3 is 1.50 bits per heavy atom. The van der Waals surface area contributed by atoms with E-state index in [1.165, 1.54) is 12.4 Å². The summed E-state index contributed by atoms with van der Waals surface area (Å²) in [5.41, 5.74) is 0. The van der Waals surface area contributed by atoms with Gasteiger partial charge in [-0.3, -0.25) is 0 Å². The monoisotopic (exact) mass is 162 g/mol. The van der Waals surface area contributed by atoms with Gasteiger partial charge in [0, 0.05) is 0 Å². The molecule has 0 unspecified atom stereocenters. The van der Waals surface area contributed by atoms with E-state index in [0.29, 0.717) is 0 Å². The molecule has 0 fully saturated rings. The van der Waals surface area contributed by atoms with E-state index in [-0.39, 0.29) is 0 Å². The van der Waals surface area contributed by atoms with E-state index in [9.17, 15) is 0 Å². The minimum atomic E-state index is 1.49. The van der Waals surface area contributed by atoms with Gasteiger partial charge in [0.1, 0.15) is 0 Å². The minimum absolute atomic E-state index is 1.49. The predicted molar refractivity (Wildman–Crippen MR) is 42.0 cm³/mol. The normalized spacial score (nSPS) is 16.0. The van der Waals surface area contributed by atoms with Gasteiger partial charge in [0.05, 0.1) is 12.4 Å². The summed E-state index contributed by atoms with van der Waals surface area (Å²) in [6, 6.07) is 0. The molecule has 0 saturated heterocycles. The van der Waals surface area contributed by atoms with Crippen LogP contribution in [-0.4, -0.2) is 0 Å². The summed E-state index contributed by atoms with van der Waals surface area (Å²) in [6.45, 7) is 0. The second-order valence-corrected chi connectivity index (χ2v) is 1.66. The molecule has 0 aliphatic carbocycles. The maximum absolute atomic E-state index is 3.51. The van der Waals surface area contributed by atoms with Crippen LogP contribution in [0.1, 0.15) is 0 Å². The average molecular weight is 162 g/mol. The Morgan fingerprint density at radius 2 is 1.00 bits per heavy atom. The summed E-state index contributed by atoms with van der Waals surface area (Å²) in [6.07, 6.45) is 9.96. The van der Waals surface area contributed by atoms with E-state index >= 15 is 0 Å². The van der Waals surface area contributed by atoms with Crippen molar-refractivity contribution >= 4 is 0 Å². The van der Waals surface area contributed by atoms with Crippen LogP contribution in [-0.2, 0) is 0 Å². The van der Waals surface area contributed by atoms with Gasteiger partial charge in [-0.15, -0.1) is 10.2 Å². The van der Waals surface area contributed by atoms with E-state index in [0.717, 1.165) is 0 Å². The maximum atomic E-state index is 3.51. The van der Waals surface area contributed by atoms with Gasteiger partial charge in [-0.05, 0) is 33.0 Å². The van der Waals surface area contributed by atoms with Crippen LogP contribution < -0.4 is 0 Å². The zero-order valence-corrected chi connectivity index (χ0v) is 6.15. The third kappa shape index (κ3) is 3.94. The molecule has 6 nitrogen and oxygen atoms in total. The van der Waals surface area contributed by atoms with Crippen molar-refractivity contribution in [2.45, 2.75) is 0 Å². The second-order valence-electron chi connectivity index (χ2n) is 1.66. The lowest BCUT2D eigenvalue weighted by Gasteiger charge is -1.74. The Balaban J connectivity index is 2.67. The molecule has 6 heteroatoms. The molecule has 0 aromatic rings. The molecule has 0 amide bonds. The lowest BCUT2D eigenvalue weighted by molar-refractivity contribution is 0.851. The number of hydrogen-bond donors (Lipinski definition) is 0. The zero-order valence-electron chi connectivity index (χ0n) is 6.15. The Kier molecular flexibility index (Phi) is 3.91. The lowest BCUT2D eigenvalue weighted by Crippen LogP contribution is -1.54. The highest BCUT2D eigenvalue weighted by Crippen LogP contribution is 1.89. The van der Waals surface area contributed by atoms with Crippen LogP contribution in [0.25, 0.3) is 0 Å². The van der Waals surface area contributed by atoms with E-state index in [4.69, 9.17) is 0 Å². The van der Waals surface area contributed by atoms with Gasteiger partial charge >= 0.3 is 0 Å². The summed E-state index contributed by atoms with van der Waals surface area (Å²) < 4.78 is 0. The van der Waals surface area contributed by atoms with Gasteiger partial charge in [-0.25, -0.2) is 0 Å². The standard InChI is InChI=1S/C6H6N6/c1-2-4-6-8-10-12-11-9-7-5-3-1/h1-6H. The van der Waals surface area contributed by atoms with Gasteiger partial charge in [0.2, 0.25) is 0 Å². The van der Waals surface area contributed by atoms with Crippen LogP contribution >= 0.6 is 0 Å². The van der Waals surface area contributed by atoms with Crippen LogP contribution in [0.4, 0.5) is 0 Å². The number of hydrogen-bond acceptors (Lipinski definition) is 6. The largest absolute Gasteiger partial charge is 0.137 e. The van der Waals surface area contributed by atoms with Crippen molar-refractivity contribution in [3.63, 3.8) is 0 Å². The number of allylic oxidation sites excluding steroid dienone is 4. The molecule has 0 atom stereocenters. The Morgan fingerprint density at radius 1 is 0.500 bits per heavy atom. The first-order chi connectivity index (χ1) is 6.00. The fourth-order valence-electron chi connectivity index (χ4n) is 0.446. The number of nitrogens with zero attached hydrogens (tertiary/aromatic N) is 6. The van der Waals surface area contributed by atoms with E-state index in [1.807, 2.05) is 0 Å². The Hall–Kier alpha value is -1.98. The average Bonchev–Trinajstić information content (AvgIpc) is 2.05. The van der Waals surface area contributed by atoms with Crippen molar-refractivity contribution in [2.75, 3.05) is 0 Å². The predicted octanol–water partition coefficient (Wildman–Crippen LogP) is 2.77. The first-order valence-electron chi connectivity index (χ1n) is 3.18. The SMILES string of the molecule is C1=CC=CN=NN=NN=NC=C1. The summed E-state index contributed by atoms with van der Waals surface area (Å²) in [5.74, 6) is 0. The molecule has 1 rings (SSSR count). The highest BCUT2D eigenvalue weighted by atomic mass is 15.6. The van der Waals surface area contributed by atoms with Crippen LogP contribution in [0.5, 0.6) is 0 Å². The van der Waals surface area contributed by atoms with Gasteiger partial charge in [0.15, 0.2) is 0 Å². The summed E-state index contributed by atoms with van der Waals surface area (Å²) in [5, 5.41) is 20.0. The third-order valence-corrected chi connectivity index (χ3v) is 0.862. The third-order valence-electron chi connectivity index (χ3n) is 0.862. The van der Waals surface area contributed by atoms with Crippen LogP contribution in [0.3, 0.4) is 0 Å². The highest BCUT2D eigenvalue weighted by molar-refractivity contribution is 5.09. The Labute approximate surface area is 68.8 Å². The van der Waals surface area contributed by atoms with Crippen LogP contribution in [0.15, 0.2) is 67.8 Å². The minimum Gasteiger partial charge on any atom is -0.137 e. The van der Waals surface area contributed by atoms with Crippen LogP contribution in [0.2, 0.25) is 0 Å². The molecule has 12 heavy (non-hydrogen) atoms. The molecule has 0 aromatic carbocycles. The molecule has 0 saturated carbocycles. The Bertz CT molecular complexity index is 181. The molecule has 1 aliphatic heterocycles. The molecule has 0 aromatic heterocycles. The van der Waals surface area contributed by atoms with Gasteiger partial charge in [-0.2, -0.15) is 0 Å². The highest BCUT2D eigenvalue weighted by Gasteiger charge is 1.68. The lowest BCUT2D eigenvalue weighted by atomic mass is 10.4. The van der Waals surface area contributed by atoms with Crippen molar-refractivity contribution in [1.82, 2.24) is 0 Å². The molecule has 1 aliphatic rings. The molecular formula is C6H6N6. The second kappa shape index (κ2) is 5.78. The molecule has 0 spiro atoms. The zero-order chi connectivity index (χ0) is 8.49. The van der Waals surface area contributed by atoms with E-state index in [2.05, 4.69) is 31.1 Å². The summed E-state index contributed by atoms with van der Waals surface area (Å²) in [7, 11) is 0. The molecular weight excluding hydrogens is 156 g/mol. The number of rotatable bonds is 0. The quantitative estimate of drug-likeness (QED) is 0.525. The van der Waals surface area contributed by atoms with Crippen molar-refractivity contribution < 1.29 is 0 Å². The van der Waals surface area contributed by atoms with E-state index in [1.54, 1.807) is 24.3 Å².